The van der Waals surface area contributed by atoms with Gasteiger partial charge in [-0.1, -0.05) is 79.6 Å². The fraction of sp³-hybridized carbons (Fsp3) is 0.258. The smallest absolute Gasteiger partial charge is 0.338 e. The highest BCUT2D eigenvalue weighted by molar-refractivity contribution is 7.10. The van der Waals surface area contributed by atoms with Crippen LogP contribution in [0.4, 0.5) is 0 Å². The summed E-state index contributed by atoms with van der Waals surface area (Å²) >= 11 is 2.83. The molecular weight excluding hydrogens is 528 g/mol. The third kappa shape index (κ3) is 6.13. The second-order valence-electron chi connectivity index (χ2n) is 9.28. The summed E-state index contributed by atoms with van der Waals surface area (Å²) in [6.45, 7) is 4.82. The summed E-state index contributed by atoms with van der Waals surface area (Å²) < 4.78 is 13.7. The standard InChI is InChI=1S/C31H30N2O4S2/c1-3-4-8-17-36-24-15-13-22(14-16-24)19-26-29(34)33-28(25-12-9-18-38-25)27(21(2)32-31(33)39-26)30(35)37-20-23-10-6-5-7-11-23/h5-7,9-16,18-19,28H,3-4,8,17,20H2,1-2H3/b26-19+/t28-/m1/s1. The molecule has 0 aliphatic carbocycles. The monoisotopic (exact) mass is 558 g/mol. The molecule has 1 atom stereocenters. The lowest BCUT2D eigenvalue weighted by molar-refractivity contribution is -0.140. The molecule has 0 spiro atoms. The molecule has 0 bridgehead atoms. The minimum atomic E-state index is -0.592. The Hall–Kier alpha value is -3.75. The van der Waals surface area contributed by atoms with Gasteiger partial charge in [-0.25, -0.2) is 9.79 Å². The quantitative estimate of drug-likeness (QED) is 0.187. The van der Waals surface area contributed by atoms with Crippen molar-refractivity contribution in [2.24, 2.45) is 4.99 Å². The largest absolute Gasteiger partial charge is 0.494 e. The van der Waals surface area contributed by atoms with E-state index in [0.29, 0.717) is 27.2 Å². The van der Waals surface area contributed by atoms with Crippen LogP contribution in [0.25, 0.3) is 6.08 Å². The van der Waals surface area contributed by atoms with Gasteiger partial charge in [-0.05, 0) is 54.1 Å². The van der Waals surface area contributed by atoms with Gasteiger partial charge in [0.15, 0.2) is 4.80 Å². The zero-order valence-corrected chi connectivity index (χ0v) is 23.6. The van der Waals surface area contributed by atoms with Crippen molar-refractivity contribution < 1.29 is 14.3 Å². The summed E-state index contributed by atoms with van der Waals surface area (Å²) in [6.07, 6.45) is 5.20. The van der Waals surface area contributed by atoms with Crippen molar-refractivity contribution in [1.82, 2.24) is 4.57 Å². The number of allylic oxidation sites excluding steroid dienone is 1. The second kappa shape index (κ2) is 12.4. The Labute approximate surface area is 235 Å². The summed E-state index contributed by atoms with van der Waals surface area (Å²) in [7, 11) is 0. The van der Waals surface area contributed by atoms with Crippen molar-refractivity contribution >= 4 is 34.7 Å². The minimum Gasteiger partial charge on any atom is -0.494 e. The number of carbonyl (C=O) groups excluding carboxylic acids is 1. The maximum absolute atomic E-state index is 13.7. The van der Waals surface area contributed by atoms with Crippen LogP contribution in [0, 0.1) is 0 Å². The predicted octanol–water partition coefficient (Wildman–Crippen LogP) is 5.61. The third-order valence-corrected chi connectivity index (χ3v) is 8.37. The van der Waals surface area contributed by atoms with E-state index in [1.165, 1.54) is 22.7 Å². The molecule has 6 nitrogen and oxygen atoms in total. The molecule has 39 heavy (non-hydrogen) atoms. The minimum absolute atomic E-state index is 0.149. The maximum atomic E-state index is 13.7. The fourth-order valence-corrected chi connectivity index (χ4v) is 6.32. The lowest BCUT2D eigenvalue weighted by Gasteiger charge is -2.23. The number of hydrogen-bond acceptors (Lipinski definition) is 7. The lowest BCUT2D eigenvalue weighted by Crippen LogP contribution is -2.39. The molecule has 1 aliphatic rings. The number of unbranched alkanes of at least 4 members (excludes halogenated alkanes) is 2. The number of ether oxygens (including phenoxy) is 2. The molecule has 0 radical (unpaired) electrons. The SMILES string of the molecule is CCCCCOc1ccc(/C=c2/sc3n(c2=O)[C@H](c2cccs2)C(C(=O)OCc2ccccc2)=C(C)N=3)cc1. The van der Waals surface area contributed by atoms with E-state index in [0.717, 1.165) is 41.0 Å². The van der Waals surface area contributed by atoms with Gasteiger partial charge < -0.3 is 9.47 Å². The normalized spacial score (nSPS) is 15.1. The zero-order chi connectivity index (χ0) is 27.2. The van der Waals surface area contributed by atoms with Crippen molar-refractivity contribution in [2.75, 3.05) is 6.61 Å². The van der Waals surface area contributed by atoms with Gasteiger partial charge in [-0.3, -0.25) is 9.36 Å². The van der Waals surface area contributed by atoms with Crippen LogP contribution in [0.5, 0.6) is 5.75 Å². The fourth-order valence-electron chi connectivity index (χ4n) is 4.45. The van der Waals surface area contributed by atoms with Gasteiger partial charge in [0, 0.05) is 4.88 Å². The molecule has 0 saturated heterocycles. The topological polar surface area (TPSA) is 69.9 Å². The van der Waals surface area contributed by atoms with Crippen molar-refractivity contribution in [3.63, 3.8) is 0 Å². The molecule has 8 heteroatoms. The van der Waals surface area contributed by atoms with E-state index >= 15 is 0 Å². The third-order valence-electron chi connectivity index (χ3n) is 6.46. The molecular formula is C31H30N2O4S2. The molecule has 4 aromatic rings. The second-order valence-corrected chi connectivity index (χ2v) is 11.3. The first-order valence-electron chi connectivity index (χ1n) is 13.0. The van der Waals surface area contributed by atoms with Gasteiger partial charge in [0.25, 0.3) is 5.56 Å². The molecule has 1 aliphatic heterocycles. The van der Waals surface area contributed by atoms with Crippen molar-refractivity contribution in [1.29, 1.82) is 0 Å². The molecule has 200 valence electrons. The number of esters is 1. The molecule has 2 aromatic carbocycles. The summed E-state index contributed by atoms with van der Waals surface area (Å²) in [5.74, 6) is 0.346. The van der Waals surface area contributed by atoms with E-state index in [9.17, 15) is 9.59 Å². The van der Waals surface area contributed by atoms with Crippen LogP contribution in [-0.4, -0.2) is 17.1 Å². The highest BCUT2D eigenvalue weighted by Gasteiger charge is 2.34. The number of thiophene rings is 1. The van der Waals surface area contributed by atoms with E-state index in [1.54, 1.807) is 11.5 Å². The number of hydrogen-bond donors (Lipinski definition) is 0. The van der Waals surface area contributed by atoms with Crippen LogP contribution >= 0.6 is 22.7 Å². The molecule has 0 N–H and O–H groups in total. The van der Waals surface area contributed by atoms with E-state index < -0.39 is 12.0 Å². The zero-order valence-electron chi connectivity index (χ0n) is 22.0. The number of benzene rings is 2. The molecule has 0 fully saturated rings. The van der Waals surface area contributed by atoms with E-state index in [4.69, 9.17) is 9.47 Å². The summed E-state index contributed by atoms with van der Waals surface area (Å²) in [5.41, 5.74) is 2.55. The van der Waals surface area contributed by atoms with Crippen molar-refractivity contribution in [3.05, 3.63) is 119 Å². The Morgan fingerprint density at radius 2 is 1.85 bits per heavy atom. The highest BCUT2D eigenvalue weighted by Crippen LogP contribution is 2.33. The highest BCUT2D eigenvalue weighted by atomic mass is 32.1. The summed E-state index contributed by atoms with van der Waals surface area (Å²) in [4.78, 5) is 33.2. The maximum Gasteiger partial charge on any atom is 0.338 e. The Bertz CT molecular complexity index is 1630. The number of aromatic nitrogens is 1. The summed E-state index contributed by atoms with van der Waals surface area (Å²) in [5, 5.41) is 1.94. The lowest BCUT2D eigenvalue weighted by atomic mass is 10.0. The number of thiazole rings is 1. The molecule has 2 aromatic heterocycles. The van der Waals surface area contributed by atoms with Crippen molar-refractivity contribution in [3.8, 4) is 5.75 Å². The Kier molecular flexibility index (Phi) is 8.54. The molecule has 3 heterocycles. The average molecular weight is 559 g/mol. The van der Waals surface area contributed by atoms with Gasteiger partial charge in [0.1, 0.15) is 18.4 Å². The summed E-state index contributed by atoms with van der Waals surface area (Å²) in [6, 6.07) is 20.6. The number of nitrogens with zero attached hydrogens (tertiary/aromatic N) is 2. The van der Waals surface area contributed by atoms with E-state index in [-0.39, 0.29) is 12.2 Å². The van der Waals surface area contributed by atoms with Gasteiger partial charge in [0.05, 0.1) is 22.4 Å². The van der Waals surface area contributed by atoms with Crippen LogP contribution in [-0.2, 0) is 16.1 Å². The first-order chi connectivity index (χ1) is 19.0. The Morgan fingerprint density at radius 1 is 1.05 bits per heavy atom. The molecule has 0 saturated carbocycles. The Morgan fingerprint density at radius 3 is 2.56 bits per heavy atom. The molecule has 0 unspecified atom stereocenters. The Balaban J connectivity index is 1.45. The van der Waals surface area contributed by atoms with Crippen LogP contribution in [0.15, 0.2) is 93.2 Å². The van der Waals surface area contributed by atoms with Gasteiger partial charge in [-0.2, -0.15) is 0 Å². The number of carbonyl (C=O) groups is 1. The molecule has 0 amide bonds. The van der Waals surface area contributed by atoms with Gasteiger partial charge in [-0.15, -0.1) is 11.3 Å². The van der Waals surface area contributed by atoms with Crippen molar-refractivity contribution in [2.45, 2.75) is 45.8 Å². The number of fused-ring (bicyclic) bond motifs is 1. The van der Waals surface area contributed by atoms with Crippen LogP contribution in [0.1, 0.15) is 55.2 Å². The number of rotatable bonds is 10. The first kappa shape index (κ1) is 26.8. The van der Waals surface area contributed by atoms with Gasteiger partial charge in [0.2, 0.25) is 0 Å². The predicted molar refractivity (Wildman–Crippen MR) is 156 cm³/mol. The van der Waals surface area contributed by atoms with Crippen LogP contribution in [0.3, 0.4) is 0 Å². The van der Waals surface area contributed by atoms with E-state index in [2.05, 4.69) is 11.9 Å². The first-order valence-corrected chi connectivity index (χ1v) is 14.7. The molecule has 5 rings (SSSR count). The van der Waals surface area contributed by atoms with Gasteiger partial charge >= 0.3 is 5.97 Å². The van der Waals surface area contributed by atoms with E-state index in [1.807, 2.05) is 78.2 Å². The van der Waals surface area contributed by atoms with Crippen LogP contribution < -0.4 is 19.6 Å². The van der Waals surface area contributed by atoms with Crippen LogP contribution in [0.2, 0.25) is 0 Å². The average Bonchev–Trinajstić information content (AvgIpc) is 3.59.